The number of fused-ring (bicyclic) bond motifs is 1. The summed E-state index contributed by atoms with van der Waals surface area (Å²) in [5.41, 5.74) is 4.50. The van der Waals surface area contributed by atoms with Crippen LogP contribution in [0.1, 0.15) is 30.4 Å². The zero-order valence-electron chi connectivity index (χ0n) is 20.3. The number of anilines is 2. The Morgan fingerprint density at radius 3 is 2.49 bits per heavy atom. The van der Waals surface area contributed by atoms with E-state index in [1.54, 1.807) is 20.3 Å². The third-order valence-electron chi connectivity index (χ3n) is 6.74. The molecule has 1 fully saturated rings. The van der Waals surface area contributed by atoms with Gasteiger partial charge in [0.25, 0.3) is 5.91 Å². The lowest BCUT2D eigenvalue weighted by molar-refractivity contribution is -0.143. The second-order valence-electron chi connectivity index (χ2n) is 8.94. The van der Waals surface area contributed by atoms with E-state index in [0.717, 1.165) is 55.8 Å². The van der Waals surface area contributed by atoms with Gasteiger partial charge in [-0.1, -0.05) is 18.2 Å². The molecular formula is C27H33N3O5. The number of methoxy groups -OCH3 is 2. The molecule has 35 heavy (non-hydrogen) atoms. The number of hydrogen-bond acceptors (Lipinski definition) is 6. The van der Waals surface area contributed by atoms with Gasteiger partial charge in [-0.2, -0.15) is 0 Å². The molecule has 2 aliphatic heterocycles. The summed E-state index contributed by atoms with van der Waals surface area (Å²) >= 11 is 0. The van der Waals surface area contributed by atoms with E-state index >= 15 is 0 Å². The standard InChI is InChI=1S/C27H33N3O5/c1-34-24-16-22-21(26(31)29-23(22)17-25(24)35-2)4-3-12-28-20-7-5-18(6-8-20)9-13-30-14-10-19(11-15-30)27(32)33/h4-8,16-17,19,28H,3,9-15H2,1-2H3,(H,29,31)(H,32,33). The fourth-order valence-corrected chi connectivity index (χ4v) is 4.63. The summed E-state index contributed by atoms with van der Waals surface area (Å²) < 4.78 is 10.7. The molecule has 0 bridgehead atoms. The van der Waals surface area contributed by atoms with Crippen molar-refractivity contribution in [1.82, 2.24) is 4.90 Å². The van der Waals surface area contributed by atoms with Gasteiger partial charge in [0.15, 0.2) is 11.5 Å². The monoisotopic (exact) mass is 479 g/mol. The summed E-state index contributed by atoms with van der Waals surface area (Å²) in [5, 5.41) is 15.4. The highest BCUT2D eigenvalue weighted by Crippen LogP contribution is 2.40. The third kappa shape index (κ3) is 5.95. The highest BCUT2D eigenvalue weighted by molar-refractivity contribution is 6.31. The van der Waals surface area contributed by atoms with Crippen molar-refractivity contribution in [3.63, 3.8) is 0 Å². The smallest absolute Gasteiger partial charge is 0.306 e. The van der Waals surface area contributed by atoms with Gasteiger partial charge in [0.05, 0.1) is 25.8 Å². The molecule has 2 heterocycles. The molecule has 0 atom stereocenters. The highest BCUT2D eigenvalue weighted by atomic mass is 16.5. The molecule has 0 spiro atoms. The average Bonchev–Trinajstić information content (AvgIpc) is 3.19. The predicted octanol–water partition coefficient (Wildman–Crippen LogP) is 3.88. The van der Waals surface area contributed by atoms with E-state index in [-0.39, 0.29) is 11.8 Å². The van der Waals surface area contributed by atoms with Crippen molar-refractivity contribution in [2.45, 2.75) is 25.7 Å². The van der Waals surface area contributed by atoms with Gasteiger partial charge in [0, 0.05) is 36.0 Å². The van der Waals surface area contributed by atoms with Gasteiger partial charge in [-0.05, 0) is 62.5 Å². The van der Waals surface area contributed by atoms with Gasteiger partial charge in [-0.15, -0.1) is 0 Å². The number of likely N-dealkylation sites (tertiary alicyclic amines) is 1. The number of aliphatic carboxylic acids is 1. The topological polar surface area (TPSA) is 100 Å². The Bertz CT molecular complexity index is 1090. The molecule has 0 unspecified atom stereocenters. The minimum atomic E-state index is -0.666. The maximum absolute atomic E-state index is 12.4. The number of piperidine rings is 1. The molecular weight excluding hydrogens is 446 g/mol. The maximum Gasteiger partial charge on any atom is 0.306 e. The summed E-state index contributed by atoms with van der Waals surface area (Å²) in [5.74, 6) is 0.210. The highest BCUT2D eigenvalue weighted by Gasteiger charge is 2.26. The number of nitrogens with zero attached hydrogens (tertiary/aromatic N) is 1. The van der Waals surface area contributed by atoms with Crippen molar-refractivity contribution in [2.75, 3.05) is 51.0 Å². The number of amides is 1. The average molecular weight is 480 g/mol. The Hall–Kier alpha value is -3.52. The largest absolute Gasteiger partial charge is 0.493 e. The Morgan fingerprint density at radius 1 is 1.14 bits per heavy atom. The van der Waals surface area contributed by atoms with Crippen LogP contribution >= 0.6 is 0 Å². The summed E-state index contributed by atoms with van der Waals surface area (Å²) in [6.07, 6.45) is 5.08. The molecule has 0 aliphatic carbocycles. The SMILES string of the molecule is COc1cc2c(cc1OC)C(=CCCNc1ccc(CCN3CCC(C(=O)O)CC3)cc1)C(=O)N2. The molecule has 8 heteroatoms. The third-order valence-corrected chi connectivity index (χ3v) is 6.74. The van der Waals surface area contributed by atoms with Crippen LogP contribution < -0.4 is 20.1 Å². The number of ether oxygens (including phenoxy) is 2. The molecule has 1 amide bonds. The maximum atomic E-state index is 12.4. The van der Waals surface area contributed by atoms with E-state index < -0.39 is 5.97 Å². The van der Waals surface area contributed by atoms with Crippen LogP contribution in [-0.4, -0.2) is 62.3 Å². The number of carboxylic acids is 1. The summed E-state index contributed by atoms with van der Waals surface area (Å²) in [7, 11) is 3.15. The zero-order valence-corrected chi connectivity index (χ0v) is 20.3. The molecule has 2 aromatic rings. The van der Waals surface area contributed by atoms with Crippen LogP contribution in [0, 0.1) is 5.92 Å². The predicted molar refractivity (Wildman–Crippen MR) is 136 cm³/mol. The van der Waals surface area contributed by atoms with Gasteiger partial charge in [-0.25, -0.2) is 0 Å². The molecule has 0 aromatic heterocycles. The molecule has 8 nitrogen and oxygen atoms in total. The van der Waals surface area contributed by atoms with Crippen molar-refractivity contribution in [3.05, 3.63) is 53.6 Å². The minimum Gasteiger partial charge on any atom is -0.493 e. The second kappa shape index (κ2) is 11.3. The van der Waals surface area contributed by atoms with Crippen LogP contribution in [0.3, 0.4) is 0 Å². The van der Waals surface area contributed by atoms with Crippen molar-refractivity contribution in [2.24, 2.45) is 5.92 Å². The Labute approximate surface area is 205 Å². The molecule has 3 N–H and O–H groups in total. The quantitative estimate of drug-likeness (QED) is 0.351. The minimum absolute atomic E-state index is 0.119. The normalized spacial score (nSPS) is 17.2. The van der Waals surface area contributed by atoms with Crippen LogP contribution in [-0.2, 0) is 16.0 Å². The van der Waals surface area contributed by atoms with Crippen molar-refractivity contribution < 1.29 is 24.2 Å². The number of benzene rings is 2. The summed E-state index contributed by atoms with van der Waals surface area (Å²) in [6.45, 7) is 3.37. The second-order valence-corrected chi connectivity index (χ2v) is 8.94. The lowest BCUT2D eigenvalue weighted by Gasteiger charge is -2.29. The number of carbonyl (C=O) groups is 2. The number of nitrogens with one attached hydrogen (secondary N) is 2. The molecule has 0 saturated carbocycles. The van der Waals surface area contributed by atoms with Crippen LogP contribution in [0.4, 0.5) is 11.4 Å². The summed E-state index contributed by atoms with van der Waals surface area (Å²) in [4.78, 5) is 25.9. The van der Waals surface area contributed by atoms with Gasteiger partial charge in [0.2, 0.25) is 0 Å². The first-order valence-corrected chi connectivity index (χ1v) is 12.0. The van der Waals surface area contributed by atoms with Gasteiger partial charge < -0.3 is 30.1 Å². The van der Waals surface area contributed by atoms with E-state index in [9.17, 15) is 9.59 Å². The molecule has 2 aliphatic rings. The summed E-state index contributed by atoms with van der Waals surface area (Å²) in [6, 6.07) is 12.0. The fourth-order valence-electron chi connectivity index (χ4n) is 4.63. The first-order chi connectivity index (χ1) is 17.0. The van der Waals surface area contributed by atoms with Crippen molar-refractivity contribution in [3.8, 4) is 11.5 Å². The fraction of sp³-hybridized carbons (Fsp3) is 0.407. The van der Waals surface area contributed by atoms with Crippen molar-refractivity contribution in [1.29, 1.82) is 0 Å². The lowest BCUT2D eigenvalue weighted by atomic mass is 9.97. The van der Waals surface area contributed by atoms with Crippen LogP contribution in [0.2, 0.25) is 0 Å². The number of rotatable bonds is 10. The van der Waals surface area contributed by atoms with E-state index in [1.807, 2.05) is 12.1 Å². The van der Waals surface area contributed by atoms with Gasteiger partial charge in [0.1, 0.15) is 0 Å². The van der Waals surface area contributed by atoms with Gasteiger partial charge in [-0.3, -0.25) is 9.59 Å². The van der Waals surface area contributed by atoms with Gasteiger partial charge >= 0.3 is 5.97 Å². The molecule has 4 rings (SSSR count). The van der Waals surface area contributed by atoms with Crippen LogP contribution in [0.15, 0.2) is 42.5 Å². The Kier molecular flexibility index (Phi) is 7.92. The van der Waals surface area contributed by atoms with E-state index in [1.165, 1.54) is 5.56 Å². The number of carboxylic acid groups (broad SMARTS) is 1. The van der Waals surface area contributed by atoms with E-state index in [2.05, 4.69) is 39.8 Å². The van der Waals surface area contributed by atoms with E-state index in [0.29, 0.717) is 30.0 Å². The lowest BCUT2D eigenvalue weighted by Crippen LogP contribution is -2.37. The molecule has 1 saturated heterocycles. The first-order valence-electron chi connectivity index (χ1n) is 12.0. The van der Waals surface area contributed by atoms with Crippen LogP contribution in [0.25, 0.3) is 5.57 Å². The van der Waals surface area contributed by atoms with Crippen LogP contribution in [0.5, 0.6) is 11.5 Å². The number of carbonyl (C=O) groups excluding carboxylic acids is 1. The number of hydrogen-bond donors (Lipinski definition) is 3. The van der Waals surface area contributed by atoms with E-state index in [4.69, 9.17) is 14.6 Å². The molecule has 0 radical (unpaired) electrons. The zero-order chi connectivity index (χ0) is 24.8. The van der Waals surface area contributed by atoms with Crippen molar-refractivity contribution >= 4 is 28.8 Å². The first kappa shape index (κ1) is 24.6. The Morgan fingerprint density at radius 2 is 1.83 bits per heavy atom. The molecule has 186 valence electrons. The molecule has 2 aromatic carbocycles. The Balaban J connectivity index is 1.25.